The van der Waals surface area contributed by atoms with Crippen LogP contribution in [0.2, 0.25) is 0 Å². The maximum absolute atomic E-state index is 11.7. The maximum atomic E-state index is 11.7. The molecule has 0 aromatic rings. The molecule has 0 aliphatic rings. The summed E-state index contributed by atoms with van der Waals surface area (Å²) in [5.74, 6) is -1.19. The monoisotopic (exact) mass is 538 g/mol. The van der Waals surface area contributed by atoms with E-state index in [-0.39, 0.29) is 19.8 Å². The standard InChI is InChI=1S/C13H24O6.C12H22O6/c1-4-13(9-14,10-15)12(16)17-6-5-7-18-19-8-11(2)3;1-3-6-17-18-8-5-7-16-11(15)12(4-2,9-13)10-14/h14-15H,2,4-10H2,1,3H3;3,13-14H,1,4-10H2,2H3. The normalized spacial score (nSPS) is 11.3. The average molecular weight is 539 g/mol. The molecule has 0 radical (unpaired) electrons. The topological polar surface area (TPSA) is 170 Å². The Morgan fingerprint density at radius 1 is 0.730 bits per heavy atom. The van der Waals surface area contributed by atoms with Crippen LogP contribution in [-0.2, 0) is 38.6 Å². The number of hydrogen-bond acceptors (Lipinski definition) is 12. The zero-order chi connectivity index (χ0) is 28.6. The number of ether oxygens (including phenoxy) is 2. The van der Waals surface area contributed by atoms with E-state index < -0.39 is 49.2 Å². The number of hydrogen-bond donors (Lipinski definition) is 4. The summed E-state index contributed by atoms with van der Waals surface area (Å²) >= 11 is 0. The first-order valence-electron chi connectivity index (χ1n) is 12.2. The van der Waals surface area contributed by atoms with Gasteiger partial charge >= 0.3 is 11.9 Å². The molecular formula is C25H46O12. The predicted octanol–water partition coefficient (Wildman–Crippen LogP) is 1.26. The van der Waals surface area contributed by atoms with Gasteiger partial charge in [0, 0.05) is 12.8 Å². The Balaban J connectivity index is 0. The molecule has 37 heavy (non-hydrogen) atoms. The Bertz CT molecular complexity index is 598. The molecule has 0 aliphatic carbocycles. The molecule has 0 aromatic carbocycles. The highest BCUT2D eigenvalue weighted by Crippen LogP contribution is 2.23. The molecule has 0 bridgehead atoms. The van der Waals surface area contributed by atoms with Crippen molar-refractivity contribution in [1.29, 1.82) is 0 Å². The van der Waals surface area contributed by atoms with Gasteiger partial charge in [0.05, 0.1) is 52.9 Å². The van der Waals surface area contributed by atoms with Crippen molar-refractivity contribution in [3.8, 4) is 0 Å². The molecule has 0 spiro atoms. The number of carbonyl (C=O) groups excluding carboxylic acids is 2. The molecule has 0 unspecified atom stereocenters. The van der Waals surface area contributed by atoms with E-state index in [2.05, 4.69) is 18.0 Å². The summed E-state index contributed by atoms with van der Waals surface area (Å²) in [4.78, 5) is 42.5. The van der Waals surface area contributed by atoms with Gasteiger partial charge in [-0.15, -0.1) is 6.58 Å². The second kappa shape index (κ2) is 23.2. The summed E-state index contributed by atoms with van der Waals surface area (Å²) in [6, 6.07) is 0. The van der Waals surface area contributed by atoms with Crippen LogP contribution in [0.15, 0.2) is 24.8 Å². The maximum Gasteiger partial charge on any atom is 0.316 e. The Labute approximate surface area is 219 Å². The Morgan fingerprint density at radius 3 is 1.46 bits per heavy atom. The smallest absolute Gasteiger partial charge is 0.316 e. The van der Waals surface area contributed by atoms with Crippen LogP contribution in [0.25, 0.3) is 0 Å². The van der Waals surface area contributed by atoms with Crippen molar-refractivity contribution in [3.05, 3.63) is 24.8 Å². The van der Waals surface area contributed by atoms with Crippen molar-refractivity contribution in [3.63, 3.8) is 0 Å². The van der Waals surface area contributed by atoms with Gasteiger partial charge in [-0.25, -0.2) is 19.6 Å². The largest absolute Gasteiger partial charge is 0.465 e. The molecule has 0 atom stereocenters. The van der Waals surface area contributed by atoms with Gasteiger partial charge in [-0.05, 0) is 19.8 Å². The Hall–Kier alpha value is -1.90. The summed E-state index contributed by atoms with van der Waals surface area (Å²) in [5, 5.41) is 36.6. The average Bonchev–Trinajstić information content (AvgIpc) is 2.90. The number of esters is 2. The molecule has 0 amide bonds. The highest BCUT2D eigenvalue weighted by atomic mass is 17.2. The molecule has 0 heterocycles. The summed E-state index contributed by atoms with van der Waals surface area (Å²) in [5.41, 5.74) is -1.57. The molecule has 0 aromatic heterocycles. The summed E-state index contributed by atoms with van der Waals surface area (Å²) in [6.07, 6.45) is 3.13. The second-order valence-corrected chi connectivity index (χ2v) is 8.32. The fourth-order valence-electron chi connectivity index (χ4n) is 2.32. The van der Waals surface area contributed by atoms with Crippen LogP contribution in [0.1, 0.15) is 46.5 Å². The lowest BCUT2D eigenvalue weighted by Gasteiger charge is -2.25. The van der Waals surface area contributed by atoms with Crippen LogP contribution in [0, 0.1) is 10.8 Å². The molecule has 0 saturated heterocycles. The van der Waals surface area contributed by atoms with Gasteiger partial charge in [-0.3, -0.25) is 9.59 Å². The van der Waals surface area contributed by atoms with Crippen molar-refractivity contribution in [2.75, 3.05) is 66.1 Å². The van der Waals surface area contributed by atoms with Gasteiger partial charge in [0.25, 0.3) is 0 Å². The Morgan fingerprint density at radius 2 is 1.14 bits per heavy atom. The third kappa shape index (κ3) is 15.8. The van der Waals surface area contributed by atoms with Crippen LogP contribution in [0.4, 0.5) is 0 Å². The molecule has 12 heteroatoms. The molecule has 0 fully saturated rings. The summed E-state index contributed by atoms with van der Waals surface area (Å²) in [7, 11) is 0. The number of aliphatic hydroxyl groups excluding tert-OH is 4. The lowest BCUT2D eigenvalue weighted by molar-refractivity contribution is -0.289. The van der Waals surface area contributed by atoms with Crippen LogP contribution in [-0.4, -0.2) is 98.4 Å². The molecule has 0 saturated carbocycles. The van der Waals surface area contributed by atoms with E-state index in [0.717, 1.165) is 5.57 Å². The highest BCUT2D eigenvalue weighted by Gasteiger charge is 2.38. The van der Waals surface area contributed by atoms with Crippen LogP contribution >= 0.6 is 0 Å². The van der Waals surface area contributed by atoms with Gasteiger partial charge in [0.15, 0.2) is 0 Å². The first-order valence-corrected chi connectivity index (χ1v) is 12.2. The molecule has 0 aliphatic heterocycles. The lowest BCUT2D eigenvalue weighted by Crippen LogP contribution is -2.39. The minimum atomic E-state index is -1.21. The van der Waals surface area contributed by atoms with Crippen LogP contribution < -0.4 is 0 Å². The minimum absolute atomic E-state index is 0.150. The SMILES string of the molecule is C=C(C)COOCCCOC(=O)C(CC)(CO)CO.C=CCOOCCCOC(=O)C(CC)(CO)CO. The van der Waals surface area contributed by atoms with Gasteiger partial charge in [0.2, 0.25) is 0 Å². The fraction of sp³-hybridized carbons (Fsp3) is 0.760. The third-order valence-corrected chi connectivity index (χ3v) is 5.30. The van der Waals surface area contributed by atoms with E-state index >= 15 is 0 Å². The van der Waals surface area contributed by atoms with E-state index in [1.165, 1.54) is 0 Å². The van der Waals surface area contributed by atoms with Gasteiger partial charge < -0.3 is 29.9 Å². The Kier molecular flexibility index (Phi) is 23.4. The van der Waals surface area contributed by atoms with Crippen molar-refractivity contribution in [2.45, 2.75) is 46.5 Å². The zero-order valence-corrected chi connectivity index (χ0v) is 22.4. The van der Waals surface area contributed by atoms with Crippen molar-refractivity contribution in [1.82, 2.24) is 0 Å². The molecule has 218 valence electrons. The summed E-state index contributed by atoms with van der Waals surface area (Å²) < 4.78 is 9.97. The second-order valence-electron chi connectivity index (χ2n) is 8.32. The van der Waals surface area contributed by atoms with Crippen molar-refractivity contribution >= 4 is 11.9 Å². The van der Waals surface area contributed by atoms with E-state index in [0.29, 0.717) is 45.5 Å². The predicted molar refractivity (Wildman–Crippen MR) is 134 cm³/mol. The van der Waals surface area contributed by atoms with E-state index in [9.17, 15) is 9.59 Å². The molecule has 0 rings (SSSR count). The number of carbonyl (C=O) groups is 2. The molecule has 12 nitrogen and oxygen atoms in total. The van der Waals surface area contributed by atoms with Gasteiger partial charge in [-0.2, -0.15) is 0 Å². The first-order chi connectivity index (χ1) is 17.7. The molecule has 4 N–H and O–H groups in total. The van der Waals surface area contributed by atoms with Gasteiger partial charge in [-0.1, -0.05) is 32.1 Å². The highest BCUT2D eigenvalue weighted by molar-refractivity contribution is 5.77. The fourth-order valence-corrected chi connectivity index (χ4v) is 2.32. The van der Waals surface area contributed by atoms with Gasteiger partial charge in [0.1, 0.15) is 24.0 Å². The molecular weight excluding hydrogens is 492 g/mol. The summed E-state index contributed by atoms with van der Waals surface area (Å²) in [6.45, 7) is 12.1. The zero-order valence-electron chi connectivity index (χ0n) is 22.4. The third-order valence-electron chi connectivity index (χ3n) is 5.30. The van der Waals surface area contributed by atoms with E-state index in [4.69, 9.17) is 44.6 Å². The quantitative estimate of drug-likeness (QED) is 0.0512. The van der Waals surface area contributed by atoms with E-state index in [1.807, 2.05) is 6.92 Å². The van der Waals surface area contributed by atoms with Crippen molar-refractivity contribution in [2.24, 2.45) is 10.8 Å². The van der Waals surface area contributed by atoms with E-state index in [1.54, 1.807) is 19.9 Å². The van der Waals surface area contributed by atoms with Crippen LogP contribution in [0.3, 0.4) is 0 Å². The minimum Gasteiger partial charge on any atom is -0.465 e. The number of rotatable bonds is 22. The van der Waals surface area contributed by atoms with Crippen molar-refractivity contribution < 1.29 is 59.0 Å². The first kappa shape index (κ1) is 37.3. The number of aliphatic hydroxyl groups is 4. The lowest BCUT2D eigenvalue weighted by atomic mass is 9.87. The van der Waals surface area contributed by atoms with Crippen LogP contribution in [0.5, 0.6) is 0 Å².